The highest BCUT2D eigenvalue weighted by Crippen LogP contribution is 2.33. The lowest BCUT2D eigenvalue weighted by atomic mass is 10.0. The molecule has 18 heavy (non-hydrogen) atoms. The van der Waals surface area contributed by atoms with Crippen LogP contribution < -0.4 is 4.74 Å². The number of Topliss-reactive ketones (excluding diaryl/α,β-unsaturated/α-hetero) is 1. The number of benzene rings is 1. The number of carbonyl (C=O) groups is 2. The summed E-state index contributed by atoms with van der Waals surface area (Å²) in [6.07, 6.45) is 0. The van der Waals surface area contributed by atoms with Gasteiger partial charge in [0, 0.05) is 5.56 Å². The van der Waals surface area contributed by atoms with Crippen LogP contribution in [0.2, 0.25) is 0 Å². The van der Waals surface area contributed by atoms with Gasteiger partial charge in [0.05, 0.1) is 12.4 Å². The van der Waals surface area contributed by atoms with E-state index in [0.29, 0.717) is 11.3 Å². The van der Waals surface area contributed by atoms with Gasteiger partial charge in [-0.1, -0.05) is 23.9 Å². The molecule has 94 valence electrons. The average molecular weight is 264 g/mol. The zero-order valence-corrected chi connectivity index (χ0v) is 10.8. The predicted octanol–water partition coefficient (Wildman–Crippen LogP) is 2.20. The van der Waals surface area contributed by atoms with Gasteiger partial charge in [0.25, 0.3) is 0 Å². The first-order valence-electron chi connectivity index (χ1n) is 5.37. The van der Waals surface area contributed by atoms with Gasteiger partial charge in [-0.15, -0.1) is 0 Å². The summed E-state index contributed by atoms with van der Waals surface area (Å²) < 4.78 is 5.03. The molecule has 0 aliphatic carbocycles. The van der Waals surface area contributed by atoms with Gasteiger partial charge >= 0.3 is 0 Å². The Bertz CT molecular complexity index is 548. The average Bonchev–Trinajstić information content (AvgIpc) is 2.62. The molecule has 1 atom stereocenters. The second-order valence-corrected chi connectivity index (χ2v) is 5.18. The number of thioether (sulfide) groups is 1. The maximum atomic E-state index is 11.8. The van der Waals surface area contributed by atoms with Crippen molar-refractivity contribution in [1.29, 1.82) is 0 Å². The monoisotopic (exact) mass is 264 g/mol. The fourth-order valence-electron chi connectivity index (χ4n) is 1.70. The van der Waals surface area contributed by atoms with Crippen LogP contribution in [-0.4, -0.2) is 28.4 Å². The third-order valence-corrected chi connectivity index (χ3v) is 3.67. The fourth-order valence-corrected chi connectivity index (χ4v) is 2.57. The molecular formula is C13H12O4S. The number of hydrogen-bond acceptors (Lipinski definition) is 5. The summed E-state index contributed by atoms with van der Waals surface area (Å²) >= 11 is 0.932. The molecule has 1 N–H and O–H groups in total. The lowest BCUT2D eigenvalue weighted by Crippen LogP contribution is -2.10. The highest BCUT2D eigenvalue weighted by molar-refractivity contribution is 8.16. The normalized spacial score (nSPS) is 22.2. The number of rotatable bonds is 2. The largest absolute Gasteiger partial charge is 0.506 e. The molecule has 4 nitrogen and oxygen atoms in total. The Balaban J connectivity index is 2.49. The highest BCUT2D eigenvalue weighted by atomic mass is 32.2. The molecule has 1 fully saturated rings. The minimum Gasteiger partial charge on any atom is -0.506 e. The van der Waals surface area contributed by atoms with E-state index in [0.717, 1.165) is 11.8 Å². The lowest BCUT2D eigenvalue weighted by Gasteiger charge is -2.05. The third-order valence-electron chi connectivity index (χ3n) is 2.68. The molecule has 1 aliphatic heterocycles. The van der Waals surface area contributed by atoms with Gasteiger partial charge in [-0.3, -0.25) is 9.59 Å². The van der Waals surface area contributed by atoms with Gasteiger partial charge in [-0.25, -0.2) is 0 Å². The lowest BCUT2D eigenvalue weighted by molar-refractivity contribution is -0.116. The molecule has 1 aliphatic rings. The molecule has 0 aromatic heterocycles. The van der Waals surface area contributed by atoms with E-state index < -0.39 is 5.25 Å². The summed E-state index contributed by atoms with van der Waals surface area (Å²) in [5.41, 5.74) is 0.279. The maximum Gasteiger partial charge on any atom is 0.227 e. The summed E-state index contributed by atoms with van der Waals surface area (Å²) in [4.78, 5) is 23.5. The number of methoxy groups -OCH3 is 1. The molecule has 1 aromatic rings. The van der Waals surface area contributed by atoms with Crippen molar-refractivity contribution in [2.24, 2.45) is 0 Å². The Morgan fingerprint density at radius 1 is 1.39 bits per heavy atom. The maximum absolute atomic E-state index is 11.8. The van der Waals surface area contributed by atoms with E-state index in [4.69, 9.17) is 4.74 Å². The molecule has 0 bridgehead atoms. The van der Waals surface area contributed by atoms with E-state index in [2.05, 4.69) is 0 Å². The summed E-state index contributed by atoms with van der Waals surface area (Å²) in [5, 5.41) is 9.26. The Labute approximate surface area is 109 Å². The van der Waals surface area contributed by atoms with E-state index in [9.17, 15) is 14.7 Å². The van der Waals surface area contributed by atoms with Gasteiger partial charge in [-0.05, 0) is 19.1 Å². The first-order chi connectivity index (χ1) is 8.54. The minimum atomic E-state index is -0.430. The first-order valence-corrected chi connectivity index (χ1v) is 6.25. The van der Waals surface area contributed by atoms with Crippen molar-refractivity contribution in [3.63, 3.8) is 0 Å². The van der Waals surface area contributed by atoms with Gasteiger partial charge in [0.2, 0.25) is 5.12 Å². The number of ether oxygens (including phenoxy) is 1. The Hall–Kier alpha value is -1.75. The molecule has 1 unspecified atom stereocenters. The quantitative estimate of drug-likeness (QED) is 0.504. The van der Waals surface area contributed by atoms with Crippen molar-refractivity contribution in [1.82, 2.24) is 0 Å². The fraction of sp³-hybridized carbons (Fsp3) is 0.231. The van der Waals surface area contributed by atoms with Crippen molar-refractivity contribution in [3.05, 3.63) is 35.4 Å². The van der Waals surface area contributed by atoms with Crippen LogP contribution in [0.15, 0.2) is 29.8 Å². The molecule has 1 saturated heterocycles. The topological polar surface area (TPSA) is 63.6 Å². The molecule has 0 amide bonds. The van der Waals surface area contributed by atoms with Crippen LogP contribution in [0.4, 0.5) is 0 Å². The van der Waals surface area contributed by atoms with E-state index in [1.165, 1.54) is 7.11 Å². The zero-order valence-electron chi connectivity index (χ0n) is 9.97. The van der Waals surface area contributed by atoms with Crippen molar-refractivity contribution >= 4 is 28.4 Å². The van der Waals surface area contributed by atoms with Crippen LogP contribution in [0.25, 0.3) is 5.76 Å². The molecule has 2 rings (SSSR count). The number of ketones is 1. The van der Waals surface area contributed by atoms with Crippen LogP contribution in [0, 0.1) is 0 Å². The summed E-state index contributed by atoms with van der Waals surface area (Å²) in [7, 11) is 1.51. The summed E-state index contributed by atoms with van der Waals surface area (Å²) in [5.74, 6) is -0.0516. The van der Waals surface area contributed by atoms with Gasteiger partial charge in [0.15, 0.2) is 5.78 Å². The molecule has 0 spiro atoms. The molecule has 0 radical (unpaired) electrons. The minimum absolute atomic E-state index is 0.124. The first kappa shape index (κ1) is 12.7. The van der Waals surface area contributed by atoms with Crippen LogP contribution in [0.1, 0.15) is 12.5 Å². The number of carbonyl (C=O) groups excluding carboxylic acids is 2. The van der Waals surface area contributed by atoms with E-state index in [-0.39, 0.29) is 22.2 Å². The smallest absolute Gasteiger partial charge is 0.227 e. The zero-order chi connectivity index (χ0) is 13.3. The SMILES string of the molecule is COc1cccc(/C(O)=C2/C(=O)SC(C)C2=O)c1. The van der Waals surface area contributed by atoms with E-state index in [1.807, 2.05) is 0 Å². The van der Waals surface area contributed by atoms with Gasteiger partial charge < -0.3 is 9.84 Å². The number of hydrogen-bond donors (Lipinski definition) is 1. The second-order valence-electron chi connectivity index (χ2n) is 3.87. The Morgan fingerprint density at radius 3 is 2.67 bits per heavy atom. The van der Waals surface area contributed by atoms with Crippen molar-refractivity contribution in [2.75, 3.05) is 7.11 Å². The van der Waals surface area contributed by atoms with E-state index >= 15 is 0 Å². The van der Waals surface area contributed by atoms with Crippen molar-refractivity contribution in [3.8, 4) is 5.75 Å². The predicted molar refractivity (Wildman–Crippen MR) is 69.6 cm³/mol. The van der Waals surface area contributed by atoms with Crippen molar-refractivity contribution < 1.29 is 19.4 Å². The second kappa shape index (κ2) is 4.86. The Morgan fingerprint density at radius 2 is 2.11 bits per heavy atom. The number of aliphatic hydroxyl groups is 1. The van der Waals surface area contributed by atoms with Crippen LogP contribution in [0.5, 0.6) is 5.75 Å². The number of aliphatic hydroxyl groups excluding tert-OH is 1. The molecular weight excluding hydrogens is 252 g/mol. The Kier molecular flexibility index (Phi) is 3.43. The van der Waals surface area contributed by atoms with Crippen LogP contribution in [0.3, 0.4) is 0 Å². The third kappa shape index (κ3) is 2.13. The van der Waals surface area contributed by atoms with Crippen molar-refractivity contribution in [2.45, 2.75) is 12.2 Å². The summed E-state index contributed by atoms with van der Waals surface area (Å²) in [6, 6.07) is 6.61. The van der Waals surface area contributed by atoms with E-state index in [1.54, 1.807) is 31.2 Å². The summed E-state index contributed by atoms with van der Waals surface area (Å²) in [6.45, 7) is 1.65. The molecule has 0 saturated carbocycles. The molecule has 1 aromatic carbocycles. The molecule has 1 heterocycles. The molecule has 5 heteroatoms. The van der Waals surface area contributed by atoms with Gasteiger partial charge in [-0.2, -0.15) is 0 Å². The van der Waals surface area contributed by atoms with Crippen LogP contribution in [-0.2, 0) is 9.59 Å². The van der Waals surface area contributed by atoms with Crippen LogP contribution >= 0.6 is 11.8 Å². The standard InChI is InChI=1S/C13H12O4S/c1-7-11(14)10(13(16)18-7)12(15)8-4-3-5-9(6-8)17-2/h3-7,15H,1-2H3/b12-10-. The van der Waals surface area contributed by atoms with Gasteiger partial charge in [0.1, 0.15) is 17.1 Å². The highest BCUT2D eigenvalue weighted by Gasteiger charge is 2.37.